The van der Waals surface area contributed by atoms with Crippen molar-refractivity contribution in [3.05, 3.63) is 41.3 Å². The van der Waals surface area contributed by atoms with E-state index in [-0.39, 0.29) is 11.9 Å². The molecular formula is C15H19N3OS. The molecule has 2 rings (SSSR count). The lowest BCUT2D eigenvalue weighted by molar-refractivity contribution is -0.123. The van der Waals surface area contributed by atoms with Gasteiger partial charge < -0.3 is 14.9 Å². The van der Waals surface area contributed by atoms with Crippen LogP contribution in [-0.2, 0) is 4.79 Å². The second-order valence-electron chi connectivity index (χ2n) is 4.68. The Bertz CT molecular complexity index is 630. The average Bonchev–Trinajstić information content (AvgIpc) is 2.86. The summed E-state index contributed by atoms with van der Waals surface area (Å²) in [6.45, 7) is 4.57. The number of nitrogens with one attached hydrogen (secondary N) is 2. The van der Waals surface area contributed by atoms with E-state index in [9.17, 15) is 4.79 Å². The monoisotopic (exact) mass is 289 g/mol. The molecule has 5 heteroatoms. The molecule has 2 aromatic rings. The van der Waals surface area contributed by atoms with Crippen LogP contribution in [0, 0.1) is 4.77 Å². The summed E-state index contributed by atoms with van der Waals surface area (Å²) in [5.41, 5.74) is 1.96. The molecular weight excluding hydrogens is 270 g/mol. The first kappa shape index (κ1) is 14.5. The van der Waals surface area contributed by atoms with Crippen LogP contribution >= 0.6 is 12.2 Å². The number of aromatic amines is 1. The van der Waals surface area contributed by atoms with Crippen LogP contribution in [0.25, 0.3) is 11.3 Å². The van der Waals surface area contributed by atoms with Crippen LogP contribution in [0.3, 0.4) is 0 Å². The highest BCUT2D eigenvalue weighted by Gasteiger charge is 2.18. The number of nitrogens with zero attached hydrogens (tertiary/aromatic N) is 1. The zero-order chi connectivity index (χ0) is 14.5. The number of amides is 1. The van der Waals surface area contributed by atoms with E-state index in [1.54, 1.807) is 0 Å². The van der Waals surface area contributed by atoms with Crippen LogP contribution in [-0.4, -0.2) is 22.0 Å². The minimum Gasteiger partial charge on any atom is -0.354 e. The zero-order valence-corrected chi connectivity index (χ0v) is 12.5. The maximum absolute atomic E-state index is 12.1. The Morgan fingerprint density at radius 2 is 2.10 bits per heavy atom. The predicted octanol–water partition coefficient (Wildman–Crippen LogP) is 3.30. The highest BCUT2D eigenvalue weighted by Crippen LogP contribution is 2.23. The van der Waals surface area contributed by atoms with Crippen LogP contribution in [0.2, 0.25) is 0 Å². The smallest absolute Gasteiger partial charge is 0.242 e. The molecule has 0 bridgehead atoms. The van der Waals surface area contributed by atoms with Gasteiger partial charge in [-0.3, -0.25) is 4.79 Å². The highest BCUT2D eigenvalue weighted by atomic mass is 32.1. The predicted molar refractivity (Wildman–Crippen MR) is 83.1 cm³/mol. The van der Waals surface area contributed by atoms with Crippen molar-refractivity contribution in [2.75, 3.05) is 6.54 Å². The molecule has 1 unspecified atom stereocenters. The minimum atomic E-state index is -0.337. The Morgan fingerprint density at radius 3 is 2.75 bits per heavy atom. The molecule has 0 fully saturated rings. The molecule has 1 heterocycles. The summed E-state index contributed by atoms with van der Waals surface area (Å²) in [5.74, 6) is -0.0141. The quantitative estimate of drug-likeness (QED) is 0.830. The van der Waals surface area contributed by atoms with Gasteiger partial charge in [-0.25, -0.2) is 0 Å². The zero-order valence-electron chi connectivity index (χ0n) is 11.7. The molecule has 2 N–H and O–H groups in total. The fourth-order valence-electron chi connectivity index (χ4n) is 2.11. The maximum Gasteiger partial charge on any atom is 0.242 e. The van der Waals surface area contributed by atoms with Crippen molar-refractivity contribution in [1.29, 1.82) is 0 Å². The van der Waals surface area contributed by atoms with Crippen molar-refractivity contribution in [3.8, 4) is 11.3 Å². The number of imidazole rings is 1. The van der Waals surface area contributed by atoms with Crippen molar-refractivity contribution >= 4 is 18.1 Å². The number of carbonyl (C=O) groups excluding carboxylic acids is 1. The molecule has 20 heavy (non-hydrogen) atoms. The van der Waals surface area contributed by atoms with Gasteiger partial charge in [0.25, 0.3) is 0 Å². The van der Waals surface area contributed by atoms with Gasteiger partial charge >= 0.3 is 0 Å². The molecule has 1 aromatic heterocycles. The van der Waals surface area contributed by atoms with E-state index in [0.717, 1.165) is 17.7 Å². The van der Waals surface area contributed by atoms with E-state index in [1.807, 2.05) is 54.9 Å². The van der Waals surface area contributed by atoms with Gasteiger partial charge in [0.2, 0.25) is 5.91 Å². The number of carbonyl (C=O) groups is 1. The number of hydrogen-bond acceptors (Lipinski definition) is 2. The fraction of sp³-hybridized carbons (Fsp3) is 0.333. The first-order valence-corrected chi connectivity index (χ1v) is 7.19. The van der Waals surface area contributed by atoms with Crippen LogP contribution < -0.4 is 5.32 Å². The topological polar surface area (TPSA) is 49.8 Å². The molecule has 106 valence electrons. The van der Waals surface area contributed by atoms with E-state index in [0.29, 0.717) is 11.3 Å². The summed E-state index contributed by atoms with van der Waals surface area (Å²) in [5, 5.41) is 2.91. The molecule has 0 radical (unpaired) electrons. The first-order valence-electron chi connectivity index (χ1n) is 6.78. The molecule has 0 saturated heterocycles. The minimum absolute atomic E-state index is 0.0141. The summed E-state index contributed by atoms with van der Waals surface area (Å²) in [6, 6.07) is 9.58. The first-order chi connectivity index (χ1) is 9.65. The molecule has 0 aliphatic carbocycles. The van der Waals surface area contributed by atoms with E-state index in [1.165, 1.54) is 0 Å². The molecule has 0 aliphatic rings. The summed E-state index contributed by atoms with van der Waals surface area (Å²) < 4.78 is 2.42. The Labute approximate surface area is 123 Å². The standard InChI is InChI=1S/C15H19N3OS/c1-3-9-16-14(19)11(2)18-13(10-17-15(18)20)12-7-5-4-6-8-12/h4-8,10-11H,3,9H2,1-2H3,(H,16,19)(H,17,20). The summed E-state index contributed by atoms with van der Waals surface area (Å²) in [6.07, 6.45) is 2.77. The number of hydrogen-bond donors (Lipinski definition) is 2. The van der Waals surface area contributed by atoms with Gasteiger partial charge in [0, 0.05) is 12.7 Å². The van der Waals surface area contributed by atoms with E-state index in [2.05, 4.69) is 10.3 Å². The SMILES string of the molecule is CCCNC(=O)C(C)n1c(-c2ccccc2)c[nH]c1=S. The van der Waals surface area contributed by atoms with E-state index in [4.69, 9.17) is 12.2 Å². The second-order valence-corrected chi connectivity index (χ2v) is 5.07. The molecule has 4 nitrogen and oxygen atoms in total. The van der Waals surface area contributed by atoms with Crippen molar-refractivity contribution in [2.24, 2.45) is 0 Å². The molecule has 1 aromatic carbocycles. The number of H-pyrrole nitrogens is 1. The lowest BCUT2D eigenvalue weighted by Gasteiger charge is -2.16. The van der Waals surface area contributed by atoms with Crippen molar-refractivity contribution < 1.29 is 4.79 Å². The van der Waals surface area contributed by atoms with Crippen molar-refractivity contribution in [3.63, 3.8) is 0 Å². The number of rotatable bonds is 5. The Hall–Kier alpha value is -1.88. The maximum atomic E-state index is 12.1. The third-order valence-electron chi connectivity index (χ3n) is 3.20. The van der Waals surface area contributed by atoms with Gasteiger partial charge in [-0.2, -0.15) is 0 Å². The van der Waals surface area contributed by atoms with Gasteiger partial charge in [-0.1, -0.05) is 37.3 Å². The Morgan fingerprint density at radius 1 is 1.40 bits per heavy atom. The highest BCUT2D eigenvalue weighted by molar-refractivity contribution is 7.71. The van der Waals surface area contributed by atoms with Gasteiger partial charge in [0.1, 0.15) is 6.04 Å². The van der Waals surface area contributed by atoms with Gasteiger partial charge in [-0.15, -0.1) is 0 Å². The summed E-state index contributed by atoms with van der Waals surface area (Å²) in [7, 11) is 0. The second kappa shape index (κ2) is 6.52. The molecule has 1 amide bonds. The van der Waals surface area contributed by atoms with Crippen LogP contribution in [0.4, 0.5) is 0 Å². The fourth-order valence-corrected chi connectivity index (χ4v) is 2.42. The van der Waals surface area contributed by atoms with E-state index < -0.39 is 0 Å². The third-order valence-corrected chi connectivity index (χ3v) is 3.51. The van der Waals surface area contributed by atoms with Crippen LogP contribution in [0.1, 0.15) is 26.3 Å². The number of benzene rings is 1. The Kier molecular flexibility index (Phi) is 4.74. The molecule has 1 atom stereocenters. The van der Waals surface area contributed by atoms with E-state index >= 15 is 0 Å². The molecule has 0 aliphatic heterocycles. The number of aromatic nitrogens is 2. The van der Waals surface area contributed by atoms with Crippen LogP contribution in [0.15, 0.2) is 36.5 Å². The van der Waals surface area contributed by atoms with Crippen molar-refractivity contribution in [1.82, 2.24) is 14.9 Å². The average molecular weight is 289 g/mol. The van der Waals surface area contributed by atoms with Gasteiger partial charge in [-0.05, 0) is 31.1 Å². The lowest BCUT2D eigenvalue weighted by Crippen LogP contribution is -2.31. The van der Waals surface area contributed by atoms with Gasteiger partial charge in [0.15, 0.2) is 4.77 Å². The van der Waals surface area contributed by atoms with Crippen LogP contribution in [0.5, 0.6) is 0 Å². The summed E-state index contributed by atoms with van der Waals surface area (Å²) in [4.78, 5) is 15.2. The molecule has 0 spiro atoms. The molecule has 0 saturated carbocycles. The largest absolute Gasteiger partial charge is 0.354 e. The third kappa shape index (κ3) is 2.99. The van der Waals surface area contributed by atoms with Gasteiger partial charge in [0.05, 0.1) is 5.69 Å². The van der Waals surface area contributed by atoms with Crippen molar-refractivity contribution in [2.45, 2.75) is 26.3 Å². The summed E-state index contributed by atoms with van der Waals surface area (Å²) >= 11 is 5.31. The normalized spacial score (nSPS) is 12.1. The Balaban J connectivity index is 2.35. The lowest BCUT2D eigenvalue weighted by atomic mass is 10.1.